The molecule has 0 saturated carbocycles. The van der Waals surface area contributed by atoms with Gasteiger partial charge < -0.3 is 33.9 Å². The Balaban J connectivity index is 1.19. The van der Waals surface area contributed by atoms with Crippen LogP contribution in [0.3, 0.4) is 0 Å². The summed E-state index contributed by atoms with van der Waals surface area (Å²) in [7, 11) is 1.65. The molecular weight excluding hydrogens is 586 g/mol. The van der Waals surface area contributed by atoms with Gasteiger partial charge in [0.05, 0.1) is 33.0 Å². The molecule has 10 heteroatoms. The van der Waals surface area contributed by atoms with E-state index in [1.54, 1.807) is 12.0 Å². The van der Waals surface area contributed by atoms with Crippen molar-refractivity contribution >= 4 is 23.4 Å². The van der Waals surface area contributed by atoms with Crippen LogP contribution >= 0.6 is 0 Å². The maximum atomic E-state index is 13.5. The Bertz CT molecular complexity index is 1470. The Morgan fingerprint density at radius 1 is 0.978 bits per heavy atom. The van der Waals surface area contributed by atoms with Crippen LogP contribution in [0.15, 0.2) is 66.7 Å². The lowest BCUT2D eigenvalue weighted by molar-refractivity contribution is -0.122. The number of ether oxygens (including phenoxy) is 5. The third kappa shape index (κ3) is 8.84. The molecule has 0 aliphatic carbocycles. The van der Waals surface area contributed by atoms with Crippen molar-refractivity contribution in [2.75, 3.05) is 56.8 Å². The van der Waals surface area contributed by atoms with E-state index in [0.717, 1.165) is 42.8 Å². The standard InChI is InChI=1S/C36H45N3O7/c1-36(2,3)46-35(41)38-22-29(25-45-31-15-12-26-10-7-18-37-32(26)21-31)39(34(40)23-38)28-13-16-30(17-14-28)44-20-8-19-43-24-27-9-5-6-11-33(27)42-4/h5-6,9,11-17,21,29,37H,7-8,10,18-20,22-25H2,1-4H3/t29-/m1/s1. The summed E-state index contributed by atoms with van der Waals surface area (Å²) in [4.78, 5) is 29.7. The zero-order valence-corrected chi connectivity index (χ0v) is 27.3. The van der Waals surface area contributed by atoms with Crippen molar-refractivity contribution in [2.45, 2.75) is 58.3 Å². The van der Waals surface area contributed by atoms with Gasteiger partial charge in [-0.15, -0.1) is 0 Å². The van der Waals surface area contributed by atoms with Crippen LogP contribution in [0.4, 0.5) is 16.2 Å². The molecule has 1 saturated heterocycles. The summed E-state index contributed by atoms with van der Waals surface area (Å²) in [6.07, 6.45) is 2.35. The van der Waals surface area contributed by atoms with Crippen molar-refractivity contribution in [1.29, 1.82) is 0 Å². The van der Waals surface area contributed by atoms with Gasteiger partial charge in [0, 0.05) is 42.5 Å². The number of hydrogen-bond acceptors (Lipinski definition) is 8. The summed E-state index contributed by atoms with van der Waals surface area (Å²) in [5.41, 5.74) is 3.39. The number of carbonyl (C=O) groups is 2. The van der Waals surface area contributed by atoms with Gasteiger partial charge in [0.25, 0.3) is 0 Å². The normalized spacial score (nSPS) is 16.3. The molecule has 0 spiro atoms. The monoisotopic (exact) mass is 631 g/mol. The Kier molecular flexibility index (Phi) is 10.9. The Morgan fingerprint density at radius 2 is 1.76 bits per heavy atom. The molecule has 1 atom stereocenters. The van der Waals surface area contributed by atoms with E-state index < -0.39 is 17.7 Å². The number of benzene rings is 3. The topological polar surface area (TPSA) is 98.8 Å². The zero-order chi connectivity index (χ0) is 32.5. The number of amides is 2. The number of hydrogen-bond donors (Lipinski definition) is 1. The number of fused-ring (bicyclic) bond motifs is 1. The molecule has 1 fully saturated rings. The molecule has 0 radical (unpaired) electrons. The van der Waals surface area contributed by atoms with Crippen LogP contribution in [-0.2, 0) is 27.3 Å². The fourth-order valence-corrected chi connectivity index (χ4v) is 5.57. The molecule has 10 nitrogen and oxygen atoms in total. The van der Waals surface area contributed by atoms with Crippen molar-refractivity contribution in [2.24, 2.45) is 0 Å². The van der Waals surface area contributed by atoms with Gasteiger partial charge in [0.1, 0.15) is 36.0 Å². The summed E-state index contributed by atoms with van der Waals surface area (Å²) < 4.78 is 28.9. The molecular formula is C36H45N3O7. The second-order valence-corrected chi connectivity index (χ2v) is 12.5. The number of carbonyl (C=O) groups excluding carboxylic acids is 2. The molecule has 3 aromatic carbocycles. The highest BCUT2D eigenvalue weighted by atomic mass is 16.6. The van der Waals surface area contributed by atoms with Crippen molar-refractivity contribution < 1.29 is 33.3 Å². The molecule has 3 aromatic rings. The molecule has 2 aliphatic rings. The van der Waals surface area contributed by atoms with E-state index in [0.29, 0.717) is 37.0 Å². The first-order valence-electron chi connectivity index (χ1n) is 15.9. The summed E-state index contributed by atoms with van der Waals surface area (Å²) in [6, 6.07) is 20.9. The lowest BCUT2D eigenvalue weighted by Gasteiger charge is -2.41. The van der Waals surface area contributed by atoms with Crippen LogP contribution in [0, 0.1) is 0 Å². The molecule has 0 aromatic heterocycles. The van der Waals surface area contributed by atoms with Crippen LogP contribution < -0.4 is 24.4 Å². The highest BCUT2D eigenvalue weighted by molar-refractivity contribution is 5.98. The van der Waals surface area contributed by atoms with E-state index in [9.17, 15) is 9.59 Å². The quantitative estimate of drug-likeness (QED) is 0.241. The van der Waals surface area contributed by atoms with E-state index in [-0.39, 0.29) is 25.6 Å². The third-order valence-electron chi connectivity index (χ3n) is 7.77. The van der Waals surface area contributed by atoms with Crippen molar-refractivity contribution in [3.63, 3.8) is 0 Å². The Labute approximate surface area is 271 Å². The predicted octanol–water partition coefficient (Wildman–Crippen LogP) is 6.07. The van der Waals surface area contributed by atoms with Crippen molar-refractivity contribution in [3.8, 4) is 17.2 Å². The van der Waals surface area contributed by atoms with Crippen molar-refractivity contribution in [3.05, 3.63) is 77.9 Å². The first kappa shape index (κ1) is 32.9. The first-order chi connectivity index (χ1) is 22.2. The fourth-order valence-electron chi connectivity index (χ4n) is 5.57. The number of anilines is 2. The van der Waals surface area contributed by atoms with E-state index in [4.69, 9.17) is 23.7 Å². The number of piperazine rings is 1. The van der Waals surface area contributed by atoms with Gasteiger partial charge in [0.15, 0.2) is 0 Å². The summed E-state index contributed by atoms with van der Waals surface area (Å²) in [6.45, 7) is 8.28. The average molecular weight is 632 g/mol. The molecule has 1 N–H and O–H groups in total. The van der Waals surface area contributed by atoms with Crippen LogP contribution in [0.1, 0.15) is 44.7 Å². The molecule has 0 bridgehead atoms. The minimum absolute atomic E-state index is 0.0821. The van der Waals surface area contributed by atoms with Gasteiger partial charge in [-0.25, -0.2) is 4.79 Å². The fraction of sp³-hybridized carbons (Fsp3) is 0.444. The number of methoxy groups -OCH3 is 1. The molecule has 46 heavy (non-hydrogen) atoms. The van der Waals surface area contributed by atoms with Gasteiger partial charge in [-0.05, 0) is 75.6 Å². The second-order valence-electron chi connectivity index (χ2n) is 12.5. The average Bonchev–Trinajstić information content (AvgIpc) is 3.05. The lowest BCUT2D eigenvalue weighted by atomic mass is 10.0. The zero-order valence-electron chi connectivity index (χ0n) is 27.3. The number of para-hydroxylation sites is 1. The lowest BCUT2D eigenvalue weighted by Crippen LogP contribution is -2.60. The summed E-state index contributed by atoms with van der Waals surface area (Å²) in [5.74, 6) is 2.01. The highest BCUT2D eigenvalue weighted by Gasteiger charge is 2.38. The SMILES string of the molecule is COc1ccccc1COCCCOc1ccc(N2C(=O)CN(C(=O)OC(C)(C)C)C[C@@H]2COc2ccc3c(c2)NCCC3)cc1. The first-order valence-corrected chi connectivity index (χ1v) is 15.9. The van der Waals surface area contributed by atoms with Gasteiger partial charge in [-0.1, -0.05) is 24.3 Å². The number of nitrogens with zero attached hydrogens (tertiary/aromatic N) is 2. The largest absolute Gasteiger partial charge is 0.496 e. The summed E-state index contributed by atoms with van der Waals surface area (Å²) in [5, 5.41) is 3.43. The minimum atomic E-state index is -0.670. The summed E-state index contributed by atoms with van der Waals surface area (Å²) >= 11 is 0. The van der Waals surface area contributed by atoms with Gasteiger partial charge >= 0.3 is 6.09 Å². The minimum Gasteiger partial charge on any atom is -0.496 e. The van der Waals surface area contributed by atoms with Gasteiger partial charge in [-0.3, -0.25) is 9.69 Å². The number of nitrogens with one attached hydrogen (secondary N) is 1. The molecule has 2 aliphatic heterocycles. The maximum absolute atomic E-state index is 13.5. The third-order valence-corrected chi connectivity index (χ3v) is 7.77. The molecule has 246 valence electrons. The van der Waals surface area contributed by atoms with E-state index in [1.807, 2.05) is 81.4 Å². The van der Waals surface area contributed by atoms with E-state index >= 15 is 0 Å². The molecule has 0 unspecified atom stereocenters. The van der Waals surface area contributed by atoms with Crippen LogP contribution in [-0.4, -0.2) is 75.1 Å². The van der Waals surface area contributed by atoms with Crippen LogP contribution in [0.25, 0.3) is 0 Å². The Morgan fingerprint density at radius 3 is 2.54 bits per heavy atom. The number of rotatable bonds is 12. The smallest absolute Gasteiger partial charge is 0.410 e. The number of aryl methyl sites for hydroxylation is 1. The second kappa shape index (κ2) is 15.2. The Hall–Kier alpha value is -4.44. The van der Waals surface area contributed by atoms with Crippen molar-refractivity contribution in [1.82, 2.24) is 4.90 Å². The molecule has 5 rings (SSSR count). The van der Waals surface area contributed by atoms with Crippen LogP contribution in [0.2, 0.25) is 0 Å². The van der Waals surface area contributed by atoms with E-state index in [2.05, 4.69) is 11.4 Å². The van der Waals surface area contributed by atoms with Gasteiger partial charge in [-0.2, -0.15) is 0 Å². The highest BCUT2D eigenvalue weighted by Crippen LogP contribution is 2.29. The predicted molar refractivity (Wildman–Crippen MR) is 177 cm³/mol. The molecule has 2 heterocycles. The van der Waals surface area contributed by atoms with E-state index in [1.165, 1.54) is 10.5 Å². The molecule has 2 amide bonds. The van der Waals surface area contributed by atoms with Crippen LogP contribution in [0.5, 0.6) is 17.2 Å². The maximum Gasteiger partial charge on any atom is 0.410 e. The van der Waals surface area contributed by atoms with Gasteiger partial charge in [0.2, 0.25) is 5.91 Å².